The van der Waals surface area contributed by atoms with Crippen LogP contribution in [0.3, 0.4) is 0 Å². The molecule has 0 spiro atoms. The molecule has 3 rings (SSSR count). The third-order valence-electron chi connectivity index (χ3n) is 3.53. The van der Waals surface area contributed by atoms with Gasteiger partial charge in [0.25, 0.3) is 0 Å². The highest BCUT2D eigenvalue weighted by molar-refractivity contribution is 7.80. The molecule has 0 aliphatic carbocycles. The average Bonchev–Trinajstić information content (AvgIpc) is 3.13. The zero-order valence-corrected chi connectivity index (χ0v) is 15.5. The van der Waals surface area contributed by atoms with E-state index in [9.17, 15) is 0 Å². The van der Waals surface area contributed by atoms with Gasteiger partial charge in [0.15, 0.2) is 0 Å². The third-order valence-corrected chi connectivity index (χ3v) is 4.50. The number of thiocarbonyl (C=S) groups is 1. The van der Waals surface area contributed by atoms with E-state index in [1.54, 1.807) is 18.4 Å². The van der Waals surface area contributed by atoms with Crippen LogP contribution in [0.1, 0.15) is 16.9 Å². The Morgan fingerprint density at radius 3 is 2.56 bits per heavy atom. The Morgan fingerprint density at radius 2 is 1.88 bits per heavy atom. The zero-order chi connectivity index (χ0) is 17.6. The normalized spacial score (nSPS) is 10.5. The van der Waals surface area contributed by atoms with Gasteiger partial charge in [0, 0.05) is 21.2 Å². The van der Waals surface area contributed by atoms with Crippen LogP contribution < -0.4 is 10.1 Å². The standard InChI is InChI=1S/C19H15Cl2NO2S/c20-15-6-3-14(18(21)10-15)12-24-16-7-4-13(5-8-16)19(25)22-11-17-2-1-9-23-17/h1-10H,11-12H2,(H,22,25). The molecule has 6 heteroatoms. The molecule has 128 valence electrons. The van der Waals surface area contributed by atoms with Crippen molar-refractivity contribution in [2.75, 3.05) is 0 Å². The number of ether oxygens (including phenoxy) is 1. The molecule has 1 heterocycles. The minimum Gasteiger partial charge on any atom is -0.489 e. The fourth-order valence-corrected chi connectivity index (χ4v) is 2.86. The number of halogens is 2. The summed E-state index contributed by atoms with van der Waals surface area (Å²) in [6.07, 6.45) is 1.64. The summed E-state index contributed by atoms with van der Waals surface area (Å²) in [7, 11) is 0. The summed E-state index contributed by atoms with van der Waals surface area (Å²) in [5.41, 5.74) is 1.80. The van der Waals surface area contributed by atoms with Gasteiger partial charge in [0.2, 0.25) is 0 Å². The molecule has 0 saturated heterocycles. The Kier molecular flexibility index (Phi) is 5.97. The SMILES string of the molecule is S=C(NCc1ccco1)c1ccc(OCc2ccc(Cl)cc2Cl)cc1. The lowest BCUT2D eigenvalue weighted by atomic mass is 10.2. The van der Waals surface area contributed by atoms with Gasteiger partial charge in [0.05, 0.1) is 12.8 Å². The first-order valence-corrected chi connectivity index (χ1v) is 8.75. The van der Waals surface area contributed by atoms with Crippen LogP contribution in [0.5, 0.6) is 5.75 Å². The van der Waals surface area contributed by atoms with E-state index < -0.39 is 0 Å². The van der Waals surface area contributed by atoms with Crippen LogP contribution in [0.15, 0.2) is 65.3 Å². The van der Waals surface area contributed by atoms with Gasteiger partial charge in [-0.05, 0) is 48.5 Å². The number of furan rings is 1. The Balaban J connectivity index is 1.55. The van der Waals surface area contributed by atoms with Crippen molar-refractivity contribution in [3.05, 3.63) is 87.8 Å². The number of hydrogen-bond acceptors (Lipinski definition) is 3. The van der Waals surface area contributed by atoms with Gasteiger partial charge in [-0.1, -0.05) is 41.5 Å². The molecular weight excluding hydrogens is 377 g/mol. The van der Waals surface area contributed by atoms with Gasteiger partial charge in [-0.3, -0.25) is 0 Å². The van der Waals surface area contributed by atoms with Crippen LogP contribution in [-0.4, -0.2) is 4.99 Å². The van der Waals surface area contributed by atoms with E-state index in [-0.39, 0.29) is 0 Å². The molecule has 1 N–H and O–H groups in total. The molecule has 2 aromatic carbocycles. The number of rotatable bonds is 6. The second-order valence-corrected chi connectivity index (χ2v) is 6.56. The highest BCUT2D eigenvalue weighted by atomic mass is 35.5. The van der Waals surface area contributed by atoms with E-state index in [1.165, 1.54) is 0 Å². The molecule has 0 fully saturated rings. The summed E-state index contributed by atoms with van der Waals surface area (Å²) < 4.78 is 11.0. The molecule has 0 saturated carbocycles. The summed E-state index contributed by atoms with van der Waals surface area (Å²) in [6, 6.07) is 16.7. The maximum absolute atomic E-state index is 6.14. The molecule has 0 aliphatic heterocycles. The predicted octanol–water partition coefficient (Wildman–Crippen LogP) is 5.63. The first-order chi connectivity index (χ1) is 12.1. The van der Waals surface area contributed by atoms with Crippen LogP contribution in [-0.2, 0) is 13.2 Å². The van der Waals surface area contributed by atoms with E-state index in [1.807, 2.05) is 42.5 Å². The minimum atomic E-state index is 0.372. The Hall–Kier alpha value is -2.01. The molecule has 0 bridgehead atoms. The van der Waals surface area contributed by atoms with Crippen molar-refractivity contribution in [1.82, 2.24) is 5.32 Å². The van der Waals surface area contributed by atoms with E-state index in [2.05, 4.69) is 5.32 Å². The van der Waals surface area contributed by atoms with E-state index in [4.69, 9.17) is 44.6 Å². The first-order valence-electron chi connectivity index (χ1n) is 7.59. The van der Waals surface area contributed by atoms with Crippen molar-refractivity contribution >= 4 is 40.4 Å². The average molecular weight is 392 g/mol. The number of benzene rings is 2. The van der Waals surface area contributed by atoms with Crippen molar-refractivity contribution in [1.29, 1.82) is 0 Å². The van der Waals surface area contributed by atoms with Gasteiger partial charge in [-0.15, -0.1) is 0 Å². The molecule has 25 heavy (non-hydrogen) atoms. The van der Waals surface area contributed by atoms with Crippen molar-refractivity contribution in [3.8, 4) is 5.75 Å². The predicted molar refractivity (Wildman–Crippen MR) is 104 cm³/mol. The third kappa shape index (κ3) is 4.98. The van der Waals surface area contributed by atoms with Crippen LogP contribution in [0, 0.1) is 0 Å². The summed E-state index contributed by atoms with van der Waals surface area (Å²) in [5, 5.41) is 4.35. The zero-order valence-electron chi connectivity index (χ0n) is 13.2. The lowest BCUT2D eigenvalue weighted by Gasteiger charge is -2.10. The van der Waals surface area contributed by atoms with Gasteiger partial charge in [0.1, 0.15) is 23.1 Å². The molecule has 0 aliphatic rings. The van der Waals surface area contributed by atoms with Gasteiger partial charge < -0.3 is 14.5 Å². The Labute approximate surface area is 161 Å². The van der Waals surface area contributed by atoms with Crippen molar-refractivity contribution in [2.24, 2.45) is 0 Å². The summed E-state index contributed by atoms with van der Waals surface area (Å²) in [4.78, 5) is 0.656. The summed E-state index contributed by atoms with van der Waals surface area (Å²) in [6.45, 7) is 0.926. The van der Waals surface area contributed by atoms with Crippen LogP contribution in [0.4, 0.5) is 0 Å². The van der Waals surface area contributed by atoms with E-state index in [0.29, 0.717) is 28.2 Å². The summed E-state index contributed by atoms with van der Waals surface area (Å²) in [5.74, 6) is 1.57. The van der Waals surface area contributed by atoms with Crippen LogP contribution in [0.2, 0.25) is 10.0 Å². The lowest BCUT2D eigenvalue weighted by molar-refractivity contribution is 0.306. The molecular formula is C19H15Cl2NO2S. The molecule has 0 radical (unpaired) electrons. The van der Waals surface area contributed by atoms with Crippen LogP contribution >= 0.6 is 35.4 Å². The highest BCUT2D eigenvalue weighted by Gasteiger charge is 2.05. The Morgan fingerprint density at radius 1 is 1.08 bits per heavy atom. The van der Waals surface area contributed by atoms with Gasteiger partial charge in [-0.25, -0.2) is 0 Å². The van der Waals surface area contributed by atoms with Crippen molar-refractivity contribution < 1.29 is 9.15 Å². The van der Waals surface area contributed by atoms with Gasteiger partial charge in [-0.2, -0.15) is 0 Å². The smallest absolute Gasteiger partial charge is 0.122 e. The maximum Gasteiger partial charge on any atom is 0.122 e. The summed E-state index contributed by atoms with van der Waals surface area (Å²) >= 11 is 17.4. The molecule has 0 unspecified atom stereocenters. The largest absolute Gasteiger partial charge is 0.489 e. The van der Waals surface area contributed by atoms with E-state index >= 15 is 0 Å². The topological polar surface area (TPSA) is 34.4 Å². The van der Waals surface area contributed by atoms with Crippen LogP contribution in [0.25, 0.3) is 0 Å². The van der Waals surface area contributed by atoms with Crippen molar-refractivity contribution in [2.45, 2.75) is 13.2 Å². The number of nitrogens with one attached hydrogen (secondary N) is 1. The molecule has 1 aromatic heterocycles. The monoisotopic (exact) mass is 391 g/mol. The molecule has 0 amide bonds. The Bertz CT molecular complexity index is 848. The molecule has 0 atom stereocenters. The molecule has 3 aromatic rings. The van der Waals surface area contributed by atoms with E-state index in [0.717, 1.165) is 22.6 Å². The fraction of sp³-hybridized carbons (Fsp3) is 0.105. The maximum atomic E-state index is 6.14. The number of hydrogen-bond donors (Lipinski definition) is 1. The first kappa shape index (κ1) is 17.8. The van der Waals surface area contributed by atoms with Crippen molar-refractivity contribution in [3.63, 3.8) is 0 Å². The van der Waals surface area contributed by atoms with Gasteiger partial charge >= 0.3 is 0 Å². The second kappa shape index (κ2) is 8.39. The second-order valence-electron chi connectivity index (χ2n) is 5.31. The quantitative estimate of drug-likeness (QED) is 0.552. The highest BCUT2D eigenvalue weighted by Crippen LogP contribution is 2.23. The lowest BCUT2D eigenvalue weighted by Crippen LogP contribution is -2.21. The fourth-order valence-electron chi connectivity index (χ4n) is 2.18. The minimum absolute atomic E-state index is 0.372. The molecule has 3 nitrogen and oxygen atoms in total.